The normalized spacial score (nSPS) is 29.9. The third-order valence-corrected chi connectivity index (χ3v) is 3.47. The van der Waals surface area contributed by atoms with Crippen molar-refractivity contribution in [1.82, 2.24) is 9.80 Å². The van der Waals surface area contributed by atoms with Crippen LogP contribution in [0.4, 0.5) is 0 Å². The molecule has 2 unspecified atom stereocenters. The lowest BCUT2D eigenvalue weighted by molar-refractivity contribution is -0.154. The number of hydrogen-bond acceptors (Lipinski definition) is 3. The van der Waals surface area contributed by atoms with Gasteiger partial charge in [-0.15, -0.1) is 0 Å². The highest BCUT2D eigenvalue weighted by atomic mass is 16.2. The Labute approximate surface area is 90.5 Å². The van der Waals surface area contributed by atoms with E-state index in [9.17, 15) is 4.79 Å². The van der Waals surface area contributed by atoms with Gasteiger partial charge in [-0.1, -0.05) is 0 Å². The second kappa shape index (κ2) is 3.82. The van der Waals surface area contributed by atoms with Crippen molar-refractivity contribution in [2.75, 3.05) is 13.1 Å². The number of carbonyl (C=O) groups is 1. The Kier molecular flexibility index (Phi) is 2.66. The van der Waals surface area contributed by atoms with Crippen molar-refractivity contribution in [3.05, 3.63) is 0 Å². The number of piperidine rings is 1. The van der Waals surface area contributed by atoms with Gasteiger partial charge < -0.3 is 4.90 Å². The molecule has 2 bridgehead atoms. The minimum atomic E-state index is 0.0159. The molecule has 3 aliphatic rings. The number of rotatable bonds is 2. The van der Waals surface area contributed by atoms with Crippen LogP contribution in [0.3, 0.4) is 0 Å². The van der Waals surface area contributed by atoms with Gasteiger partial charge in [-0.05, 0) is 20.3 Å². The second-order valence-corrected chi connectivity index (χ2v) is 4.73. The van der Waals surface area contributed by atoms with E-state index < -0.39 is 0 Å². The summed E-state index contributed by atoms with van der Waals surface area (Å²) < 4.78 is 0. The number of nitriles is 1. The van der Waals surface area contributed by atoms with E-state index in [1.807, 2.05) is 11.0 Å². The summed E-state index contributed by atoms with van der Waals surface area (Å²) in [5.41, 5.74) is 0. The Morgan fingerprint density at radius 3 is 2.53 bits per heavy atom. The Balaban J connectivity index is 1.95. The zero-order chi connectivity index (χ0) is 11.0. The monoisotopic (exact) mass is 207 g/mol. The van der Waals surface area contributed by atoms with Gasteiger partial charge >= 0.3 is 0 Å². The summed E-state index contributed by atoms with van der Waals surface area (Å²) in [6, 6.07) is 3.23. The zero-order valence-corrected chi connectivity index (χ0v) is 9.31. The Bertz CT molecular complexity index is 295. The van der Waals surface area contributed by atoms with Crippen LogP contribution in [0.15, 0.2) is 0 Å². The third-order valence-electron chi connectivity index (χ3n) is 3.47. The molecule has 0 N–H and O–H groups in total. The molecule has 4 nitrogen and oxygen atoms in total. The van der Waals surface area contributed by atoms with Crippen molar-refractivity contribution in [1.29, 1.82) is 5.26 Å². The molecule has 3 aliphatic heterocycles. The van der Waals surface area contributed by atoms with Crippen LogP contribution in [-0.2, 0) is 4.79 Å². The number of fused-ring (bicyclic) bond motifs is 2. The maximum absolute atomic E-state index is 11.6. The highest BCUT2D eigenvalue weighted by molar-refractivity contribution is 5.80. The second-order valence-electron chi connectivity index (χ2n) is 4.73. The van der Waals surface area contributed by atoms with Crippen LogP contribution in [0.5, 0.6) is 0 Å². The molecule has 0 spiro atoms. The predicted molar refractivity (Wildman–Crippen MR) is 56.0 cm³/mol. The smallest absolute Gasteiger partial charge is 0.237 e. The van der Waals surface area contributed by atoms with Gasteiger partial charge in [0.25, 0.3) is 0 Å². The van der Waals surface area contributed by atoms with E-state index in [2.05, 4.69) is 18.7 Å². The molecule has 0 aromatic heterocycles. The minimum absolute atomic E-state index is 0.0159. The molecule has 0 aromatic carbocycles. The molecule has 0 aliphatic carbocycles. The summed E-state index contributed by atoms with van der Waals surface area (Å²) in [5.74, 6) is 0.0159. The summed E-state index contributed by atoms with van der Waals surface area (Å²) in [6.45, 7) is 6.33. The SMILES string of the molecule is CC(C)N1CC2CC(C1)N2C(=O)CC#N. The summed E-state index contributed by atoms with van der Waals surface area (Å²) in [6.07, 6.45) is 1.16. The highest BCUT2D eigenvalue weighted by Crippen LogP contribution is 2.33. The summed E-state index contributed by atoms with van der Waals surface area (Å²) >= 11 is 0. The van der Waals surface area contributed by atoms with Crippen molar-refractivity contribution in [3.8, 4) is 6.07 Å². The van der Waals surface area contributed by atoms with E-state index in [1.54, 1.807) is 0 Å². The average Bonchev–Trinajstić information content (AvgIpc) is 2.18. The number of hydrogen-bond donors (Lipinski definition) is 0. The van der Waals surface area contributed by atoms with Gasteiger partial charge in [0.05, 0.1) is 6.07 Å². The van der Waals surface area contributed by atoms with Crippen LogP contribution < -0.4 is 0 Å². The van der Waals surface area contributed by atoms with Crippen molar-refractivity contribution in [2.45, 2.75) is 44.8 Å². The number of amides is 1. The maximum Gasteiger partial charge on any atom is 0.237 e. The molecule has 3 heterocycles. The molecule has 3 fully saturated rings. The fourth-order valence-electron chi connectivity index (χ4n) is 2.63. The Hall–Kier alpha value is -1.08. The van der Waals surface area contributed by atoms with E-state index in [0.717, 1.165) is 19.5 Å². The van der Waals surface area contributed by atoms with Crippen molar-refractivity contribution in [2.24, 2.45) is 0 Å². The summed E-state index contributed by atoms with van der Waals surface area (Å²) in [4.78, 5) is 15.9. The summed E-state index contributed by atoms with van der Waals surface area (Å²) in [5, 5.41) is 8.50. The van der Waals surface area contributed by atoms with Crippen LogP contribution in [0.2, 0.25) is 0 Å². The lowest BCUT2D eigenvalue weighted by Crippen LogP contribution is -2.70. The van der Waals surface area contributed by atoms with E-state index in [0.29, 0.717) is 18.1 Å². The lowest BCUT2D eigenvalue weighted by atomic mass is 9.86. The molecule has 2 atom stereocenters. The summed E-state index contributed by atoms with van der Waals surface area (Å²) in [7, 11) is 0. The van der Waals surface area contributed by atoms with Crippen molar-refractivity contribution >= 4 is 5.91 Å². The first-order chi connectivity index (χ1) is 7.13. The van der Waals surface area contributed by atoms with Crippen LogP contribution >= 0.6 is 0 Å². The molecule has 82 valence electrons. The largest absolute Gasteiger partial charge is 0.333 e. The van der Waals surface area contributed by atoms with E-state index in [-0.39, 0.29) is 12.3 Å². The molecule has 1 amide bonds. The van der Waals surface area contributed by atoms with E-state index >= 15 is 0 Å². The van der Waals surface area contributed by atoms with E-state index in [4.69, 9.17) is 5.26 Å². The molecular weight excluding hydrogens is 190 g/mol. The zero-order valence-electron chi connectivity index (χ0n) is 9.31. The molecule has 3 saturated heterocycles. The fraction of sp³-hybridized carbons (Fsp3) is 0.818. The van der Waals surface area contributed by atoms with Gasteiger partial charge in [-0.3, -0.25) is 9.69 Å². The van der Waals surface area contributed by atoms with Crippen molar-refractivity contribution < 1.29 is 4.79 Å². The first kappa shape index (κ1) is 10.4. The third kappa shape index (κ3) is 1.72. The Morgan fingerprint density at radius 2 is 2.07 bits per heavy atom. The Morgan fingerprint density at radius 1 is 1.47 bits per heavy atom. The molecule has 0 saturated carbocycles. The standard InChI is InChI=1S/C11H17N3O/c1-8(2)13-6-9-5-10(7-13)14(9)11(15)3-4-12/h8-10H,3,5-7H2,1-2H3. The quantitative estimate of drug-likeness (QED) is 0.666. The molecular formula is C11H17N3O. The van der Waals surface area contributed by atoms with Crippen LogP contribution in [0.1, 0.15) is 26.7 Å². The van der Waals surface area contributed by atoms with Crippen LogP contribution in [0, 0.1) is 11.3 Å². The van der Waals surface area contributed by atoms with Gasteiger partial charge in [0.1, 0.15) is 6.42 Å². The van der Waals surface area contributed by atoms with E-state index in [1.165, 1.54) is 0 Å². The number of nitrogens with zero attached hydrogens (tertiary/aromatic N) is 3. The molecule has 0 aromatic rings. The van der Waals surface area contributed by atoms with Gasteiger partial charge in [-0.2, -0.15) is 5.26 Å². The first-order valence-corrected chi connectivity index (χ1v) is 5.55. The fourth-order valence-corrected chi connectivity index (χ4v) is 2.63. The van der Waals surface area contributed by atoms with Gasteiger partial charge in [0.15, 0.2) is 0 Å². The predicted octanol–water partition coefficient (Wildman–Crippen LogP) is 0.594. The number of carbonyl (C=O) groups excluding carboxylic acids is 1. The molecule has 4 heteroatoms. The van der Waals surface area contributed by atoms with Gasteiger partial charge in [0, 0.05) is 31.2 Å². The first-order valence-electron chi connectivity index (χ1n) is 5.55. The van der Waals surface area contributed by atoms with Crippen molar-refractivity contribution in [3.63, 3.8) is 0 Å². The average molecular weight is 207 g/mol. The van der Waals surface area contributed by atoms with Gasteiger partial charge in [0.2, 0.25) is 5.91 Å². The molecule has 15 heavy (non-hydrogen) atoms. The molecule has 3 rings (SSSR count). The van der Waals surface area contributed by atoms with Gasteiger partial charge in [-0.25, -0.2) is 0 Å². The topological polar surface area (TPSA) is 47.3 Å². The lowest BCUT2D eigenvalue weighted by Gasteiger charge is -2.57. The highest BCUT2D eigenvalue weighted by Gasteiger charge is 2.47. The van der Waals surface area contributed by atoms with Crippen LogP contribution in [0.25, 0.3) is 0 Å². The van der Waals surface area contributed by atoms with Crippen LogP contribution in [-0.4, -0.2) is 46.9 Å². The number of piperazine rings is 1. The minimum Gasteiger partial charge on any atom is -0.333 e. The maximum atomic E-state index is 11.6. The molecule has 0 radical (unpaired) electrons.